The van der Waals surface area contributed by atoms with Crippen molar-refractivity contribution < 1.29 is 13.9 Å². The maximum absolute atomic E-state index is 6.97. The standard InChI is InChI=1S/C28H36O3Si/c1-24(20-29-23-30-22-25-14-8-5-9-15-25)21-31-32(28(2,3)4,26-16-10-6-11-17-26)27-18-12-7-13-19-27/h5-19,24H,20-23H2,1-4H3/t24-/m1/s1. The van der Waals surface area contributed by atoms with Crippen molar-refractivity contribution in [2.45, 2.75) is 39.3 Å². The summed E-state index contributed by atoms with van der Waals surface area (Å²) in [5, 5.41) is 2.59. The first kappa shape index (κ1) is 24.4. The maximum atomic E-state index is 6.97. The van der Waals surface area contributed by atoms with Gasteiger partial charge in [0, 0.05) is 12.5 Å². The molecule has 3 aromatic carbocycles. The van der Waals surface area contributed by atoms with Crippen LogP contribution in [0.3, 0.4) is 0 Å². The molecule has 3 nitrogen and oxygen atoms in total. The van der Waals surface area contributed by atoms with Gasteiger partial charge in [0.1, 0.15) is 6.79 Å². The third kappa shape index (κ3) is 6.17. The molecular weight excluding hydrogens is 412 g/mol. The van der Waals surface area contributed by atoms with Crippen LogP contribution in [0.5, 0.6) is 0 Å². The van der Waals surface area contributed by atoms with Crippen LogP contribution in [-0.4, -0.2) is 28.3 Å². The SMILES string of the molecule is C[C@H](COCOCc1ccccc1)CO[Si](c1ccccc1)(c1ccccc1)C(C)(C)C. The van der Waals surface area contributed by atoms with Gasteiger partial charge in [0.05, 0.1) is 13.2 Å². The fourth-order valence-corrected chi connectivity index (χ4v) is 8.81. The van der Waals surface area contributed by atoms with E-state index in [1.165, 1.54) is 10.4 Å². The minimum absolute atomic E-state index is 0.0188. The molecule has 0 aromatic heterocycles. The monoisotopic (exact) mass is 448 g/mol. The van der Waals surface area contributed by atoms with Crippen molar-refractivity contribution in [3.8, 4) is 0 Å². The van der Waals surface area contributed by atoms with Crippen molar-refractivity contribution in [2.24, 2.45) is 5.92 Å². The fourth-order valence-electron chi connectivity index (χ4n) is 4.12. The van der Waals surface area contributed by atoms with Crippen LogP contribution in [0.2, 0.25) is 5.04 Å². The van der Waals surface area contributed by atoms with Gasteiger partial charge in [-0.2, -0.15) is 0 Å². The van der Waals surface area contributed by atoms with Crippen LogP contribution in [0.4, 0.5) is 0 Å². The van der Waals surface area contributed by atoms with Gasteiger partial charge in [-0.3, -0.25) is 0 Å². The molecule has 1 atom stereocenters. The zero-order valence-electron chi connectivity index (χ0n) is 19.8. The molecule has 4 heteroatoms. The van der Waals surface area contributed by atoms with Gasteiger partial charge in [0.15, 0.2) is 0 Å². The summed E-state index contributed by atoms with van der Waals surface area (Å²) in [6.45, 7) is 11.2. The number of hydrogen-bond donors (Lipinski definition) is 0. The van der Waals surface area contributed by atoms with Crippen molar-refractivity contribution >= 4 is 18.7 Å². The van der Waals surface area contributed by atoms with Crippen LogP contribution >= 0.6 is 0 Å². The van der Waals surface area contributed by atoms with E-state index in [2.05, 4.69) is 100 Å². The zero-order chi connectivity index (χ0) is 22.9. The second-order valence-corrected chi connectivity index (χ2v) is 13.7. The average molecular weight is 449 g/mol. The molecule has 0 N–H and O–H groups in total. The van der Waals surface area contributed by atoms with Crippen LogP contribution in [-0.2, 0) is 20.5 Å². The quantitative estimate of drug-likeness (QED) is 0.224. The summed E-state index contributed by atoms with van der Waals surface area (Å²) < 4.78 is 18.4. The van der Waals surface area contributed by atoms with Crippen molar-refractivity contribution in [2.75, 3.05) is 20.0 Å². The number of benzene rings is 3. The highest BCUT2D eigenvalue weighted by Crippen LogP contribution is 2.37. The van der Waals surface area contributed by atoms with Gasteiger partial charge in [-0.1, -0.05) is 119 Å². The van der Waals surface area contributed by atoms with Crippen molar-refractivity contribution in [3.63, 3.8) is 0 Å². The predicted molar refractivity (Wildman–Crippen MR) is 135 cm³/mol. The van der Waals surface area contributed by atoms with Crippen molar-refractivity contribution in [1.82, 2.24) is 0 Å². The Bertz CT molecular complexity index is 868. The topological polar surface area (TPSA) is 27.7 Å². The highest BCUT2D eigenvalue weighted by Gasteiger charge is 2.50. The first-order chi connectivity index (χ1) is 15.4. The van der Waals surface area contributed by atoms with Gasteiger partial charge in [-0.25, -0.2) is 0 Å². The molecule has 0 heterocycles. The minimum atomic E-state index is -2.50. The molecule has 0 saturated heterocycles. The normalized spacial score (nSPS) is 13.1. The van der Waals surface area contributed by atoms with Crippen LogP contribution in [0.25, 0.3) is 0 Å². The molecular formula is C28H36O3Si. The lowest BCUT2D eigenvalue weighted by atomic mass is 10.2. The molecule has 3 aromatic rings. The largest absolute Gasteiger partial charge is 0.407 e. The summed E-state index contributed by atoms with van der Waals surface area (Å²) in [6.07, 6.45) is 0. The molecule has 0 spiro atoms. The van der Waals surface area contributed by atoms with E-state index in [9.17, 15) is 0 Å². The van der Waals surface area contributed by atoms with Gasteiger partial charge < -0.3 is 13.9 Å². The Hall–Kier alpha value is -2.24. The van der Waals surface area contributed by atoms with Crippen molar-refractivity contribution in [1.29, 1.82) is 0 Å². The first-order valence-electron chi connectivity index (χ1n) is 11.4. The summed E-state index contributed by atoms with van der Waals surface area (Å²) in [6, 6.07) is 31.7. The Labute approximate surface area is 194 Å². The highest BCUT2D eigenvalue weighted by molar-refractivity contribution is 6.99. The Morgan fingerprint density at radius 3 is 1.69 bits per heavy atom. The molecule has 0 unspecified atom stereocenters. The van der Waals surface area contributed by atoms with E-state index < -0.39 is 8.32 Å². The number of hydrogen-bond acceptors (Lipinski definition) is 3. The molecule has 0 aliphatic carbocycles. The third-order valence-corrected chi connectivity index (χ3v) is 10.7. The Kier molecular flexibility index (Phi) is 8.82. The Morgan fingerprint density at radius 1 is 0.688 bits per heavy atom. The van der Waals surface area contributed by atoms with Crippen molar-refractivity contribution in [3.05, 3.63) is 96.6 Å². The molecule has 170 valence electrons. The summed E-state index contributed by atoms with van der Waals surface area (Å²) in [5.74, 6) is 0.261. The van der Waals surface area contributed by atoms with Gasteiger partial charge in [0.25, 0.3) is 8.32 Å². The molecule has 0 fully saturated rings. The zero-order valence-corrected chi connectivity index (χ0v) is 20.8. The molecule has 0 aliphatic rings. The van der Waals surface area contributed by atoms with Crippen LogP contribution < -0.4 is 10.4 Å². The van der Waals surface area contributed by atoms with E-state index >= 15 is 0 Å². The first-order valence-corrected chi connectivity index (χ1v) is 13.3. The molecule has 32 heavy (non-hydrogen) atoms. The Morgan fingerprint density at radius 2 is 1.19 bits per heavy atom. The average Bonchev–Trinajstić information content (AvgIpc) is 2.80. The minimum Gasteiger partial charge on any atom is -0.407 e. The molecule has 0 amide bonds. The summed E-state index contributed by atoms with van der Waals surface area (Å²) in [7, 11) is -2.50. The number of ether oxygens (including phenoxy) is 2. The van der Waals surface area contributed by atoms with Crippen LogP contribution in [0.15, 0.2) is 91.0 Å². The van der Waals surface area contributed by atoms with Gasteiger partial charge >= 0.3 is 0 Å². The van der Waals surface area contributed by atoms with E-state index in [4.69, 9.17) is 13.9 Å². The highest BCUT2D eigenvalue weighted by atomic mass is 28.4. The molecule has 0 aliphatic heterocycles. The predicted octanol–water partition coefficient (Wildman–Crippen LogP) is 5.39. The second kappa shape index (κ2) is 11.6. The number of rotatable bonds is 11. The molecule has 0 radical (unpaired) electrons. The smallest absolute Gasteiger partial charge is 0.261 e. The van der Waals surface area contributed by atoms with Gasteiger partial charge in [-0.15, -0.1) is 0 Å². The van der Waals surface area contributed by atoms with Crippen LogP contribution in [0.1, 0.15) is 33.3 Å². The summed E-state index contributed by atoms with van der Waals surface area (Å²) in [4.78, 5) is 0. The summed E-state index contributed by atoms with van der Waals surface area (Å²) in [5.41, 5.74) is 1.15. The van der Waals surface area contributed by atoms with E-state index in [0.29, 0.717) is 26.6 Å². The lowest BCUT2D eigenvalue weighted by molar-refractivity contribution is -0.0732. The lowest BCUT2D eigenvalue weighted by Gasteiger charge is -2.43. The second-order valence-electron chi connectivity index (χ2n) is 9.40. The van der Waals surface area contributed by atoms with E-state index in [0.717, 1.165) is 5.56 Å². The maximum Gasteiger partial charge on any atom is 0.261 e. The van der Waals surface area contributed by atoms with Crippen LogP contribution in [0, 0.1) is 5.92 Å². The third-order valence-electron chi connectivity index (χ3n) is 5.68. The van der Waals surface area contributed by atoms with E-state index in [1.54, 1.807) is 0 Å². The fraction of sp³-hybridized carbons (Fsp3) is 0.357. The van der Waals surface area contributed by atoms with Gasteiger partial charge in [0.2, 0.25) is 0 Å². The molecule has 3 rings (SSSR count). The van der Waals surface area contributed by atoms with E-state index in [1.807, 2.05) is 18.2 Å². The molecule has 0 saturated carbocycles. The van der Waals surface area contributed by atoms with E-state index in [-0.39, 0.29) is 11.0 Å². The summed E-state index contributed by atoms with van der Waals surface area (Å²) >= 11 is 0. The lowest BCUT2D eigenvalue weighted by Crippen LogP contribution is -2.66. The molecule has 0 bridgehead atoms. The van der Waals surface area contributed by atoms with Gasteiger partial charge in [-0.05, 0) is 21.0 Å². The Balaban J connectivity index is 1.64.